The summed E-state index contributed by atoms with van der Waals surface area (Å²) in [5.41, 5.74) is 8.10. The molecule has 0 spiro atoms. The number of imidazole rings is 1. The maximum atomic E-state index is 5.61. The molecular weight excluding hydrogens is 150 g/mol. The van der Waals surface area contributed by atoms with E-state index in [0.717, 1.165) is 6.42 Å². The van der Waals surface area contributed by atoms with Crippen LogP contribution in [0.15, 0.2) is 0 Å². The van der Waals surface area contributed by atoms with Gasteiger partial charge >= 0.3 is 0 Å². The molecule has 3 heteroatoms. The second-order valence-corrected chi connectivity index (χ2v) is 3.48. The Bertz CT molecular complexity index is 277. The van der Waals surface area contributed by atoms with Gasteiger partial charge < -0.3 is 10.7 Å². The molecule has 1 unspecified atom stereocenters. The summed E-state index contributed by atoms with van der Waals surface area (Å²) in [6.07, 6.45) is 4.84. The number of anilines is 1. The number of aromatic nitrogens is 2. The zero-order valence-electron chi connectivity index (χ0n) is 7.43. The molecular formula is C9H15N3. The van der Waals surface area contributed by atoms with Crippen LogP contribution < -0.4 is 5.73 Å². The number of nitrogens with one attached hydrogen (secondary N) is 1. The molecule has 0 bridgehead atoms. The Balaban J connectivity index is 2.36. The van der Waals surface area contributed by atoms with E-state index in [0.29, 0.717) is 11.9 Å². The van der Waals surface area contributed by atoms with E-state index in [2.05, 4.69) is 16.9 Å². The third kappa shape index (κ3) is 1.09. The van der Waals surface area contributed by atoms with Crippen molar-refractivity contribution in [3.8, 4) is 0 Å². The number of nitrogen functional groups attached to an aromatic ring is 1. The number of H-pyrrole nitrogens is 1. The van der Waals surface area contributed by atoms with Crippen LogP contribution in [0.2, 0.25) is 0 Å². The number of hydrogen-bond donors (Lipinski definition) is 2. The van der Waals surface area contributed by atoms with Crippen molar-refractivity contribution >= 4 is 5.95 Å². The zero-order chi connectivity index (χ0) is 8.55. The molecule has 1 aliphatic rings. The molecule has 0 aromatic carbocycles. The van der Waals surface area contributed by atoms with E-state index >= 15 is 0 Å². The molecule has 1 aromatic heterocycles. The van der Waals surface area contributed by atoms with Gasteiger partial charge in [0.2, 0.25) is 0 Å². The molecule has 1 atom stereocenters. The van der Waals surface area contributed by atoms with Crippen molar-refractivity contribution in [1.29, 1.82) is 0 Å². The fourth-order valence-corrected chi connectivity index (χ4v) is 2.03. The van der Waals surface area contributed by atoms with Gasteiger partial charge in [-0.05, 0) is 25.7 Å². The lowest BCUT2D eigenvalue weighted by molar-refractivity contribution is 0.526. The van der Waals surface area contributed by atoms with E-state index in [9.17, 15) is 0 Å². The number of rotatable bonds is 1. The van der Waals surface area contributed by atoms with E-state index in [1.54, 1.807) is 0 Å². The molecule has 66 valence electrons. The van der Waals surface area contributed by atoms with E-state index in [1.807, 2.05) is 0 Å². The summed E-state index contributed by atoms with van der Waals surface area (Å²) >= 11 is 0. The third-order valence-electron chi connectivity index (χ3n) is 2.69. The summed E-state index contributed by atoms with van der Waals surface area (Å²) in [5, 5.41) is 0. The average Bonchev–Trinajstić information content (AvgIpc) is 2.44. The second kappa shape index (κ2) is 2.81. The van der Waals surface area contributed by atoms with Crippen LogP contribution >= 0.6 is 0 Å². The summed E-state index contributed by atoms with van der Waals surface area (Å²) < 4.78 is 0. The van der Waals surface area contributed by atoms with Crippen LogP contribution in [0.5, 0.6) is 0 Å². The van der Waals surface area contributed by atoms with Gasteiger partial charge in [-0.2, -0.15) is 0 Å². The molecule has 0 amide bonds. The Morgan fingerprint density at radius 1 is 1.67 bits per heavy atom. The molecule has 0 saturated heterocycles. The predicted molar refractivity (Wildman–Crippen MR) is 49.0 cm³/mol. The molecule has 0 saturated carbocycles. The number of nitrogens with zero attached hydrogens (tertiary/aromatic N) is 1. The van der Waals surface area contributed by atoms with Crippen LogP contribution in [0, 0.1) is 0 Å². The van der Waals surface area contributed by atoms with Gasteiger partial charge in [0, 0.05) is 11.6 Å². The molecule has 3 N–H and O–H groups in total. The van der Waals surface area contributed by atoms with Crippen molar-refractivity contribution in [2.24, 2.45) is 0 Å². The molecule has 1 aliphatic carbocycles. The minimum absolute atomic E-state index is 0.584. The maximum Gasteiger partial charge on any atom is 0.197 e. The van der Waals surface area contributed by atoms with Crippen LogP contribution in [0.4, 0.5) is 5.95 Å². The van der Waals surface area contributed by atoms with Gasteiger partial charge in [-0.3, -0.25) is 0 Å². The Hall–Kier alpha value is -0.990. The molecule has 3 nitrogen and oxygen atoms in total. The van der Waals surface area contributed by atoms with Gasteiger partial charge in [0.15, 0.2) is 5.95 Å². The monoisotopic (exact) mass is 165 g/mol. The number of nitrogens with two attached hydrogens (primary N) is 1. The Morgan fingerprint density at radius 2 is 2.50 bits per heavy atom. The van der Waals surface area contributed by atoms with Crippen LogP contribution in [0.3, 0.4) is 0 Å². The minimum Gasteiger partial charge on any atom is -0.369 e. The lowest BCUT2D eigenvalue weighted by Gasteiger charge is -2.18. The highest BCUT2D eigenvalue weighted by Gasteiger charge is 2.21. The number of hydrogen-bond acceptors (Lipinski definition) is 2. The fourth-order valence-electron chi connectivity index (χ4n) is 2.03. The van der Waals surface area contributed by atoms with Crippen molar-refractivity contribution in [3.05, 3.63) is 11.4 Å². The van der Waals surface area contributed by atoms with E-state index in [4.69, 9.17) is 5.73 Å². The Morgan fingerprint density at radius 3 is 3.25 bits per heavy atom. The summed E-state index contributed by atoms with van der Waals surface area (Å²) in [6, 6.07) is 0. The molecule has 12 heavy (non-hydrogen) atoms. The Kier molecular flexibility index (Phi) is 1.79. The number of fused-ring (bicyclic) bond motifs is 1. The van der Waals surface area contributed by atoms with Crippen molar-refractivity contribution in [2.75, 3.05) is 5.73 Å². The van der Waals surface area contributed by atoms with Crippen molar-refractivity contribution in [2.45, 2.75) is 38.5 Å². The van der Waals surface area contributed by atoms with Gasteiger partial charge in [-0.25, -0.2) is 4.98 Å². The first-order valence-corrected chi connectivity index (χ1v) is 4.65. The van der Waals surface area contributed by atoms with E-state index in [-0.39, 0.29) is 0 Å². The summed E-state index contributed by atoms with van der Waals surface area (Å²) in [7, 11) is 0. The smallest absolute Gasteiger partial charge is 0.197 e. The lowest BCUT2D eigenvalue weighted by Crippen LogP contribution is -2.08. The molecule has 1 aromatic rings. The van der Waals surface area contributed by atoms with Gasteiger partial charge in [0.1, 0.15) is 0 Å². The Labute approximate surface area is 72.4 Å². The van der Waals surface area contributed by atoms with Crippen LogP contribution in [0.25, 0.3) is 0 Å². The standard InChI is InChI=1S/C9H15N3/c1-2-6-4-3-5-7-8(6)12-9(10)11-7/h6H,2-5H2,1H3,(H3,10,11,12). The van der Waals surface area contributed by atoms with Gasteiger partial charge in [0.05, 0.1) is 5.69 Å². The van der Waals surface area contributed by atoms with Gasteiger partial charge in [0.25, 0.3) is 0 Å². The van der Waals surface area contributed by atoms with Crippen molar-refractivity contribution in [1.82, 2.24) is 9.97 Å². The second-order valence-electron chi connectivity index (χ2n) is 3.48. The molecule has 0 fully saturated rings. The summed E-state index contributed by atoms with van der Waals surface area (Å²) in [5.74, 6) is 1.22. The highest BCUT2D eigenvalue weighted by Crippen LogP contribution is 2.32. The van der Waals surface area contributed by atoms with Crippen molar-refractivity contribution < 1.29 is 0 Å². The average molecular weight is 165 g/mol. The third-order valence-corrected chi connectivity index (χ3v) is 2.69. The van der Waals surface area contributed by atoms with E-state index < -0.39 is 0 Å². The summed E-state index contributed by atoms with van der Waals surface area (Å²) in [4.78, 5) is 7.45. The SMILES string of the molecule is CCC1CCCc2[nH]c(N)nc21. The first-order valence-electron chi connectivity index (χ1n) is 4.65. The zero-order valence-corrected chi connectivity index (χ0v) is 7.43. The van der Waals surface area contributed by atoms with Gasteiger partial charge in [-0.1, -0.05) is 6.92 Å². The number of aromatic amines is 1. The van der Waals surface area contributed by atoms with Gasteiger partial charge in [-0.15, -0.1) is 0 Å². The molecule has 1 heterocycles. The summed E-state index contributed by atoms with van der Waals surface area (Å²) in [6.45, 7) is 2.21. The first kappa shape index (κ1) is 7.65. The van der Waals surface area contributed by atoms with Crippen LogP contribution in [0.1, 0.15) is 43.5 Å². The minimum atomic E-state index is 0.584. The largest absolute Gasteiger partial charge is 0.369 e. The molecule has 0 aliphatic heterocycles. The maximum absolute atomic E-state index is 5.61. The highest BCUT2D eigenvalue weighted by molar-refractivity contribution is 5.30. The van der Waals surface area contributed by atoms with Crippen LogP contribution in [-0.4, -0.2) is 9.97 Å². The quantitative estimate of drug-likeness (QED) is 0.667. The fraction of sp³-hybridized carbons (Fsp3) is 0.667. The molecule has 0 radical (unpaired) electrons. The van der Waals surface area contributed by atoms with Crippen molar-refractivity contribution in [3.63, 3.8) is 0 Å². The van der Waals surface area contributed by atoms with Crippen LogP contribution in [-0.2, 0) is 6.42 Å². The number of aryl methyl sites for hydroxylation is 1. The predicted octanol–water partition coefficient (Wildman–Crippen LogP) is 1.82. The topological polar surface area (TPSA) is 54.7 Å². The molecule has 2 rings (SSSR count). The normalized spacial score (nSPS) is 22.2. The first-order chi connectivity index (χ1) is 5.81. The highest BCUT2D eigenvalue weighted by atomic mass is 15.0. The lowest BCUT2D eigenvalue weighted by atomic mass is 9.88. The van der Waals surface area contributed by atoms with E-state index in [1.165, 1.54) is 30.7 Å².